The molecular weight excluding hydrogens is 208 g/mol. The summed E-state index contributed by atoms with van der Waals surface area (Å²) in [5, 5.41) is 10.8. The minimum Gasteiger partial charge on any atom is -0.392 e. The maximum atomic E-state index is 10.8. The van der Waals surface area contributed by atoms with Crippen LogP contribution in [0.4, 0.5) is 0 Å². The monoisotopic (exact) mass is 238 g/mol. The average Bonchev–Trinajstić information content (AvgIpc) is 2.39. The Bertz CT molecular complexity index is 230. The van der Waals surface area contributed by atoms with Crippen LogP contribution in [-0.2, 0) is 0 Å². The van der Waals surface area contributed by atoms with Crippen LogP contribution in [0.3, 0.4) is 0 Å². The van der Waals surface area contributed by atoms with E-state index in [1.807, 2.05) is 0 Å². The first kappa shape index (κ1) is 13.4. The number of aliphatic hydroxyl groups is 1. The summed E-state index contributed by atoms with van der Waals surface area (Å²) in [7, 11) is 0. The molecule has 0 saturated heterocycles. The molecule has 1 nitrogen and oxygen atoms in total. The van der Waals surface area contributed by atoms with Crippen molar-refractivity contribution in [1.29, 1.82) is 0 Å². The first-order chi connectivity index (χ1) is 8.15. The second kappa shape index (κ2) is 5.73. The molecule has 2 rings (SSSR count). The fraction of sp³-hybridized carbons (Fsp3) is 1.00. The van der Waals surface area contributed by atoms with Crippen LogP contribution in [0.25, 0.3) is 0 Å². The van der Waals surface area contributed by atoms with Crippen LogP contribution < -0.4 is 0 Å². The van der Waals surface area contributed by atoms with Crippen molar-refractivity contribution in [2.75, 3.05) is 0 Å². The van der Waals surface area contributed by atoms with E-state index in [9.17, 15) is 5.11 Å². The zero-order chi connectivity index (χ0) is 12.3. The van der Waals surface area contributed by atoms with Crippen molar-refractivity contribution in [2.45, 2.75) is 84.2 Å². The maximum absolute atomic E-state index is 10.8. The van der Waals surface area contributed by atoms with Crippen LogP contribution in [0.15, 0.2) is 0 Å². The highest BCUT2D eigenvalue weighted by Gasteiger charge is 2.40. The van der Waals surface area contributed by atoms with Crippen molar-refractivity contribution >= 4 is 0 Å². The third-order valence-electron chi connectivity index (χ3n) is 5.56. The second-order valence-corrected chi connectivity index (χ2v) is 6.86. The van der Waals surface area contributed by atoms with E-state index in [1.165, 1.54) is 64.2 Å². The summed E-state index contributed by atoms with van der Waals surface area (Å²) in [6.07, 6.45) is 13.1. The van der Waals surface area contributed by atoms with Gasteiger partial charge in [-0.1, -0.05) is 52.4 Å². The molecule has 2 saturated carbocycles. The number of aliphatic hydroxyl groups excluding tert-OH is 1. The maximum Gasteiger partial charge on any atom is 0.0622 e. The van der Waals surface area contributed by atoms with E-state index in [0.29, 0.717) is 5.92 Å². The normalized spacial score (nSPS) is 35.5. The smallest absolute Gasteiger partial charge is 0.0622 e. The van der Waals surface area contributed by atoms with E-state index in [0.717, 1.165) is 5.92 Å². The molecule has 1 N–H and O–H groups in total. The molecule has 100 valence electrons. The average molecular weight is 238 g/mol. The van der Waals surface area contributed by atoms with Gasteiger partial charge in [-0.2, -0.15) is 0 Å². The van der Waals surface area contributed by atoms with Gasteiger partial charge in [0.15, 0.2) is 0 Å². The first-order valence-electron chi connectivity index (χ1n) is 7.84. The summed E-state index contributed by atoms with van der Waals surface area (Å²) in [6.45, 7) is 4.65. The van der Waals surface area contributed by atoms with E-state index in [2.05, 4.69) is 13.8 Å². The van der Waals surface area contributed by atoms with Gasteiger partial charge in [0.05, 0.1) is 6.10 Å². The van der Waals surface area contributed by atoms with Gasteiger partial charge in [0.25, 0.3) is 0 Å². The zero-order valence-corrected chi connectivity index (χ0v) is 11.8. The summed E-state index contributed by atoms with van der Waals surface area (Å²) < 4.78 is 0. The van der Waals surface area contributed by atoms with Crippen LogP contribution in [0.1, 0.15) is 78.1 Å². The molecule has 1 heteroatoms. The molecule has 0 spiro atoms. The lowest BCUT2D eigenvalue weighted by Gasteiger charge is -2.44. The predicted molar refractivity (Wildman–Crippen MR) is 72.9 cm³/mol. The quantitative estimate of drug-likeness (QED) is 0.765. The van der Waals surface area contributed by atoms with Crippen molar-refractivity contribution in [1.82, 2.24) is 0 Å². The third kappa shape index (κ3) is 3.05. The van der Waals surface area contributed by atoms with E-state index in [4.69, 9.17) is 0 Å². The Kier molecular flexibility index (Phi) is 4.52. The Labute approximate surface area is 107 Å². The van der Waals surface area contributed by atoms with Crippen LogP contribution >= 0.6 is 0 Å². The van der Waals surface area contributed by atoms with Gasteiger partial charge in [0.2, 0.25) is 0 Å². The standard InChI is InChI=1S/C16H30O/c1-3-13-8-7-9-14(12-13)15(17)16(2)10-5-4-6-11-16/h13-15,17H,3-12H2,1-2H3. The van der Waals surface area contributed by atoms with Gasteiger partial charge >= 0.3 is 0 Å². The molecule has 0 aromatic rings. The second-order valence-electron chi connectivity index (χ2n) is 6.86. The molecule has 2 fully saturated rings. The number of hydrogen-bond donors (Lipinski definition) is 1. The van der Waals surface area contributed by atoms with Crippen molar-refractivity contribution < 1.29 is 5.11 Å². The highest BCUT2D eigenvalue weighted by Crippen LogP contribution is 2.45. The largest absolute Gasteiger partial charge is 0.392 e. The molecule has 0 aromatic carbocycles. The Balaban J connectivity index is 1.95. The van der Waals surface area contributed by atoms with Gasteiger partial charge in [0.1, 0.15) is 0 Å². The lowest BCUT2D eigenvalue weighted by molar-refractivity contribution is -0.0473. The Morgan fingerprint density at radius 1 is 1.12 bits per heavy atom. The van der Waals surface area contributed by atoms with Crippen molar-refractivity contribution in [3.8, 4) is 0 Å². The Morgan fingerprint density at radius 3 is 2.47 bits per heavy atom. The van der Waals surface area contributed by atoms with Crippen molar-refractivity contribution in [3.05, 3.63) is 0 Å². The molecule has 0 radical (unpaired) electrons. The molecule has 0 heterocycles. The predicted octanol–water partition coefficient (Wildman–Crippen LogP) is 4.53. The zero-order valence-electron chi connectivity index (χ0n) is 11.8. The first-order valence-corrected chi connectivity index (χ1v) is 7.84. The Morgan fingerprint density at radius 2 is 1.82 bits per heavy atom. The van der Waals surface area contributed by atoms with Gasteiger partial charge in [0, 0.05) is 0 Å². The molecular formula is C16H30O. The van der Waals surface area contributed by atoms with Crippen LogP contribution in [-0.4, -0.2) is 11.2 Å². The summed E-state index contributed by atoms with van der Waals surface area (Å²) >= 11 is 0. The van der Waals surface area contributed by atoms with Crippen LogP contribution in [0, 0.1) is 17.3 Å². The van der Waals surface area contributed by atoms with Crippen molar-refractivity contribution in [3.63, 3.8) is 0 Å². The molecule has 2 aliphatic carbocycles. The van der Waals surface area contributed by atoms with E-state index < -0.39 is 0 Å². The van der Waals surface area contributed by atoms with E-state index in [1.54, 1.807) is 0 Å². The van der Waals surface area contributed by atoms with Crippen molar-refractivity contribution in [2.24, 2.45) is 17.3 Å². The third-order valence-corrected chi connectivity index (χ3v) is 5.56. The summed E-state index contributed by atoms with van der Waals surface area (Å²) in [5.41, 5.74) is 0.235. The van der Waals surface area contributed by atoms with Crippen LogP contribution in [0.5, 0.6) is 0 Å². The summed E-state index contributed by atoms with van der Waals surface area (Å²) in [4.78, 5) is 0. The Hall–Kier alpha value is -0.0400. The minimum absolute atomic E-state index is 0.0304. The molecule has 0 aromatic heterocycles. The highest BCUT2D eigenvalue weighted by atomic mass is 16.3. The summed E-state index contributed by atoms with van der Waals surface area (Å²) in [5.74, 6) is 1.48. The molecule has 0 bridgehead atoms. The van der Waals surface area contributed by atoms with Crippen LogP contribution in [0.2, 0.25) is 0 Å². The molecule has 3 atom stereocenters. The number of rotatable bonds is 3. The van der Waals surface area contributed by atoms with Gasteiger partial charge < -0.3 is 5.11 Å². The minimum atomic E-state index is -0.0304. The number of hydrogen-bond acceptors (Lipinski definition) is 1. The molecule has 17 heavy (non-hydrogen) atoms. The lowest BCUT2D eigenvalue weighted by Crippen LogP contribution is -2.41. The molecule has 0 aliphatic heterocycles. The highest BCUT2D eigenvalue weighted by molar-refractivity contribution is 4.91. The van der Waals surface area contributed by atoms with Gasteiger partial charge in [-0.25, -0.2) is 0 Å². The molecule has 2 aliphatic rings. The molecule has 0 amide bonds. The van der Waals surface area contributed by atoms with Gasteiger partial charge in [-0.3, -0.25) is 0 Å². The van der Waals surface area contributed by atoms with Gasteiger partial charge in [-0.05, 0) is 42.9 Å². The lowest BCUT2D eigenvalue weighted by atomic mass is 9.64. The summed E-state index contributed by atoms with van der Waals surface area (Å²) in [6, 6.07) is 0. The van der Waals surface area contributed by atoms with E-state index in [-0.39, 0.29) is 11.5 Å². The van der Waals surface area contributed by atoms with E-state index >= 15 is 0 Å². The molecule has 3 unspecified atom stereocenters. The fourth-order valence-corrected chi connectivity index (χ4v) is 4.21. The van der Waals surface area contributed by atoms with Gasteiger partial charge in [-0.15, -0.1) is 0 Å². The fourth-order valence-electron chi connectivity index (χ4n) is 4.21. The SMILES string of the molecule is CCC1CCCC(C(O)C2(C)CCCCC2)C1. The topological polar surface area (TPSA) is 20.2 Å².